The van der Waals surface area contributed by atoms with E-state index in [1.165, 1.54) is 0 Å². The highest BCUT2D eigenvalue weighted by molar-refractivity contribution is 6.30. The average Bonchev–Trinajstić information content (AvgIpc) is 3.26. The van der Waals surface area contributed by atoms with Crippen LogP contribution in [0.2, 0.25) is 5.02 Å². The molecule has 3 fully saturated rings. The van der Waals surface area contributed by atoms with Gasteiger partial charge in [0.25, 0.3) is 0 Å². The van der Waals surface area contributed by atoms with Gasteiger partial charge in [0.1, 0.15) is 18.5 Å². The Balaban J connectivity index is 1.46. The van der Waals surface area contributed by atoms with Crippen molar-refractivity contribution < 1.29 is 33.9 Å². The molecule has 2 heterocycles. The van der Waals surface area contributed by atoms with Gasteiger partial charge in [0.15, 0.2) is 12.6 Å². The fourth-order valence-corrected chi connectivity index (χ4v) is 5.91. The molecule has 2 unspecified atom stereocenters. The zero-order valence-electron chi connectivity index (χ0n) is 23.6. The Labute approximate surface area is 244 Å². The average molecular weight is 579 g/mol. The van der Waals surface area contributed by atoms with E-state index in [0.29, 0.717) is 30.4 Å². The summed E-state index contributed by atoms with van der Waals surface area (Å²) >= 11 is 6.16. The fraction of sp³-hybridized carbons (Fsp3) is 0.688. The van der Waals surface area contributed by atoms with Crippen molar-refractivity contribution in [3.8, 4) is 5.75 Å². The molecule has 0 spiro atoms. The van der Waals surface area contributed by atoms with Gasteiger partial charge < -0.3 is 33.9 Å². The van der Waals surface area contributed by atoms with Crippen LogP contribution in [0.5, 0.6) is 5.75 Å². The third kappa shape index (κ3) is 10.4. The van der Waals surface area contributed by atoms with Crippen LogP contribution in [0.4, 0.5) is 0 Å². The first-order valence-corrected chi connectivity index (χ1v) is 15.5. The first-order valence-electron chi connectivity index (χ1n) is 15.2. The Kier molecular flexibility index (Phi) is 13.8. The predicted octanol–water partition coefficient (Wildman–Crippen LogP) is 6.20. The van der Waals surface area contributed by atoms with Gasteiger partial charge in [-0.25, -0.2) is 0 Å². The van der Waals surface area contributed by atoms with Crippen LogP contribution in [-0.2, 0) is 18.9 Å². The van der Waals surface area contributed by atoms with Gasteiger partial charge in [0.2, 0.25) is 0 Å². The second-order valence-corrected chi connectivity index (χ2v) is 11.5. The minimum atomic E-state index is -0.464. The number of hydrogen-bond donors (Lipinski definition) is 2. The summed E-state index contributed by atoms with van der Waals surface area (Å²) in [6, 6.07) is 7.36. The topological polar surface area (TPSA) is 86.6 Å². The first kappa shape index (κ1) is 31.5. The van der Waals surface area contributed by atoms with E-state index in [9.17, 15) is 5.11 Å². The maximum Gasteiger partial charge on any atom is 0.158 e. The molecule has 7 atom stereocenters. The van der Waals surface area contributed by atoms with E-state index in [1.54, 1.807) is 6.07 Å². The molecule has 2 saturated heterocycles. The van der Waals surface area contributed by atoms with Crippen LogP contribution in [-0.4, -0.2) is 67.5 Å². The molecule has 1 saturated carbocycles. The van der Waals surface area contributed by atoms with Crippen molar-refractivity contribution in [2.75, 3.05) is 26.4 Å². The molecule has 0 bridgehead atoms. The third-order valence-corrected chi connectivity index (χ3v) is 8.17. The van der Waals surface area contributed by atoms with Crippen molar-refractivity contribution in [2.45, 2.75) is 102 Å². The predicted molar refractivity (Wildman–Crippen MR) is 155 cm³/mol. The van der Waals surface area contributed by atoms with Crippen LogP contribution in [0.1, 0.15) is 70.6 Å². The van der Waals surface area contributed by atoms with Gasteiger partial charge >= 0.3 is 0 Å². The Morgan fingerprint density at radius 1 is 1.02 bits per heavy atom. The van der Waals surface area contributed by atoms with Gasteiger partial charge in [-0.1, -0.05) is 42.0 Å². The monoisotopic (exact) mass is 578 g/mol. The highest BCUT2D eigenvalue weighted by atomic mass is 35.5. The number of aliphatic hydroxyl groups excluding tert-OH is 2. The highest BCUT2D eigenvalue weighted by Gasteiger charge is 2.42. The van der Waals surface area contributed by atoms with Crippen LogP contribution in [0, 0.1) is 11.8 Å². The largest absolute Gasteiger partial charge is 0.490 e. The number of ether oxygens (including phenoxy) is 5. The zero-order chi connectivity index (χ0) is 28.0. The van der Waals surface area contributed by atoms with E-state index in [4.69, 9.17) is 40.4 Å². The molecule has 2 N–H and O–H groups in total. The Morgan fingerprint density at radius 3 is 2.55 bits per heavy atom. The summed E-state index contributed by atoms with van der Waals surface area (Å²) in [5.74, 6) is 0.724. The fourth-order valence-electron chi connectivity index (χ4n) is 5.73. The number of unbranched alkanes of at least 4 members (excludes halogenated alkanes) is 2. The molecule has 0 radical (unpaired) electrons. The van der Waals surface area contributed by atoms with Crippen LogP contribution in [0.25, 0.3) is 0 Å². The molecule has 3 aliphatic rings. The number of benzene rings is 1. The highest BCUT2D eigenvalue weighted by Crippen LogP contribution is 2.39. The second-order valence-electron chi connectivity index (χ2n) is 11.1. The quantitative estimate of drug-likeness (QED) is 0.189. The van der Waals surface area contributed by atoms with Gasteiger partial charge in [-0.2, -0.15) is 0 Å². The summed E-state index contributed by atoms with van der Waals surface area (Å²) in [7, 11) is 0. The van der Waals surface area contributed by atoms with Crippen LogP contribution in [0.3, 0.4) is 0 Å². The summed E-state index contributed by atoms with van der Waals surface area (Å²) < 4.78 is 30.6. The molecule has 1 aromatic rings. The van der Waals surface area contributed by atoms with Crippen molar-refractivity contribution in [2.24, 2.45) is 11.8 Å². The van der Waals surface area contributed by atoms with Crippen LogP contribution >= 0.6 is 11.6 Å². The summed E-state index contributed by atoms with van der Waals surface area (Å²) in [6.07, 6.45) is 17.2. The Bertz CT molecular complexity index is 897. The first-order chi connectivity index (χ1) is 19.6. The molecular formula is C32H47ClO7. The maximum absolute atomic E-state index is 11.1. The summed E-state index contributed by atoms with van der Waals surface area (Å²) in [5, 5.41) is 20.7. The minimum Gasteiger partial charge on any atom is -0.490 e. The molecular weight excluding hydrogens is 532 g/mol. The number of allylic oxidation sites excluding steroid dienone is 2. The SMILES string of the molecule is OCCCC/C=C\C[C@@H]1[C@@H](/C=C/[C@H](COc2cccc(Cl)c2)OC2CCCCO2)[C@H](OC2CCCCO2)C[C@@H]1O. The molecule has 1 aromatic carbocycles. The van der Waals surface area contributed by atoms with E-state index in [0.717, 1.165) is 70.8 Å². The number of rotatable bonds is 15. The number of halogens is 1. The van der Waals surface area contributed by atoms with Gasteiger partial charge in [-0.3, -0.25) is 0 Å². The normalized spacial score (nSPS) is 30.3. The lowest BCUT2D eigenvalue weighted by Crippen LogP contribution is -2.32. The number of aliphatic hydroxyl groups is 2. The molecule has 0 amide bonds. The van der Waals surface area contributed by atoms with E-state index < -0.39 is 6.10 Å². The summed E-state index contributed by atoms with van der Waals surface area (Å²) in [6.45, 7) is 1.97. The lowest BCUT2D eigenvalue weighted by Gasteiger charge is -2.30. The minimum absolute atomic E-state index is 0.00663. The van der Waals surface area contributed by atoms with E-state index in [-0.39, 0.29) is 43.2 Å². The summed E-state index contributed by atoms with van der Waals surface area (Å²) in [5.41, 5.74) is 0. The lowest BCUT2D eigenvalue weighted by molar-refractivity contribution is -0.193. The molecule has 0 aromatic heterocycles. The Hall–Kier alpha value is -1.45. The third-order valence-electron chi connectivity index (χ3n) is 7.93. The molecule has 7 nitrogen and oxygen atoms in total. The van der Waals surface area contributed by atoms with E-state index in [2.05, 4.69) is 24.3 Å². The summed E-state index contributed by atoms with van der Waals surface area (Å²) in [4.78, 5) is 0. The molecule has 2 aliphatic heterocycles. The van der Waals surface area contributed by atoms with E-state index in [1.807, 2.05) is 18.2 Å². The van der Waals surface area contributed by atoms with Crippen molar-refractivity contribution >= 4 is 11.6 Å². The lowest BCUT2D eigenvalue weighted by atomic mass is 9.89. The van der Waals surface area contributed by atoms with Gasteiger partial charge in [0.05, 0.1) is 12.2 Å². The Morgan fingerprint density at radius 2 is 1.82 bits per heavy atom. The van der Waals surface area contributed by atoms with Crippen molar-refractivity contribution in [3.63, 3.8) is 0 Å². The second kappa shape index (κ2) is 17.5. The van der Waals surface area contributed by atoms with Gasteiger partial charge in [0, 0.05) is 37.2 Å². The van der Waals surface area contributed by atoms with Crippen molar-refractivity contribution in [1.29, 1.82) is 0 Å². The van der Waals surface area contributed by atoms with Gasteiger partial charge in [-0.05, 0) is 88.3 Å². The zero-order valence-corrected chi connectivity index (χ0v) is 24.3. The molecule has 224 valence electrons. The van der Waals surface area contributed by atoms with Crippen LogP contribution in [0.15, 0.2) is 48.6 Å². The molecule has 1 aliphatic carbocycles. The van der Waals surface area contributed by atoms with E-state index >= 15 is 0 Å². The number of hydrogen-bond acceptors (Lipinski definition) is 7. The molecule has 8 heteroatoms. The van der Waals surface area contributed by atoms with Gasteiger partial charge in [-0.15, -0.1) is 0 Å². The van der Waals surface area contributed by atoms with Crippen molar-refractivity contribution in [1.82, 2.24) is 0 Å². The smallest absolute Gasteiger partial charge is 0.158 e. The standard InChI is InChI=1S/C32H47ClO7/c33-24-11-10-12-25(21-24)38-23-26(39-31-14-5-8-19-36-31)16-17-28-27(13-4-2-1-3-7-18-34)29(35)22-30(28)40-32-15-6-9-20-37-32/h2,4,10-12,16-17,21,26-32,34-35H,1,3,5-9,13-15,18-20,22-23H2/b4-2-,17-16+/t26-,27-,28-,29+,30-,31?,32?/m1/s1. The maximum atomic E-state index is 11.1. The van der Waals surface area contributed by atoms with Crippen LogP contribution < -0.4 is 4.74 Å². The molecule has 40 heavy (non-hydrogen) atoms. The molecule has 4 rings (SSSR count). The van der Waals surface area contributed by atoms with Crippen molar-refractivity contribution in [3.05, 3.63) is 53.6 Å².